The predicted molar refractivity (Wildman–Crippen MR) is 105 cm³/mol. The molecule has 1 aliphatic rings. The SMILES string of the molecule is CC(=O)Nc1ccc(NC(=O)c2cccc(CN3CCCC3=O)c2)cc1Cl. The number of halogens is 1. The maximum atomic E-state index is 12.5. The molecule has 0 aromatic heterocycles. The van der Waals surface area contributed by atoms with Crippen LogP contribution in [0, 0.1) is 0 Å². The maximum absolute atomic E-state index is 12.5. The first kappa shape index (κ1) is 18.9. The molecule has 27 heavy (non-hydrogen) atoms. The molecule has 1 aliphatic heterocycles. The van der Waals surface area contributed by atoms with Crippen molar-refractivity contribution in [3.05, 3.63) is 58.6 Å². The average molecular weight is 386 g/mol. The van der Waals surface area contributed by atoms with Crippen molar-refractivity contribution >= 4 is 40.7 Å². The summed E-state index contributed by atoms with van der Waals surface area (Å²) in [5.41, 5.74) is 2.43. The summed E-state index contributed by atoms with van der Waals surface area (Å²) in [6.45, 7) is 2.67. The summed E-state index contributed by atoms with van der Waals surface area (Å²) < 4.78 is 0. The number of rotatable bonds is 5. The van der Waals surface area contributed by atoms with Crippen molar-refractivity contribution < 1.29 is 14.4 Å². The normalized spacial score (nSPS) is 13.6. The fourth-order valence-electron chi connectivity index (χ4n) is 2.99. The molecule has 0 atom stereocenters. The molecule has 0 saturated carbocycles. The van der Waals surface area contributed by atoms with Crippen LogP contribution in [0.25, 0.3) is 0 Å². The number of hydrogen-bond donors (Lipinski definition) is 2. The number of likely N-dealkylation sites (tertiary alicyclic amines) is 1. The quantitative estimate of drug-likeness (QED) is 0.824. The van der Waals surface area contributed by atoms with E-state index in [0.717, 1.165) is 18.5 Å². The van der Waals surface area contributed by atoms with E-state index in [1.165, 1.54) is 6.92 Å². The van der Waals surface area contributed by atoms with Crippen LogP contribution in [-0.2, 0) is 16.1 Å². The van der Waals surface area contributed by atoms with Crippen LogP contribution in [0.1, 0.15) is 35.7 Å². The molecule has 1 saturated heterocycles. The van der Waals surface area contributed by atoms with E-state index in [1.54, 1.807) is 41.3 Å². The van der Waals surface area contributed by atoms with Crippen LogP contribution in [0.3, 0.4) is 0 Å². The second-order valence-electron chi connectivity index (χ2n) is 6.45. The van der Waals surface area contributed by atoms with Gasteiger partial charge in [-0.1, -0.05) is 23.7 Å². The number of nitrogens with one attached hydrogen (secondary N) is 2. The number of benzene rings is 2. The molecule has 2 N–H and O–H groups in total. The minimum Gasteiger partial charge on any atom is -0.338 e. The molecule has 2 aromatic rings. The van der Waals surface area contributed by atoms with Crippen LogP contribution in [0.15, 0.2) is 42.5 Å². The third kappa shape index (κ3) is 4.86. The van der Waals surface area contributed by atoms with Crippen molar-refractivity contribution in [2.24, 2.45) is 0 Å². The smallest absolute Gasteiger partial charge is 0.255 e. The van der Waals surface area contributed by atoms with Gasteiger partial charge in [0.1, 0.15) is 0 Å². The number of anilines is 2. The Morgan fingerprint density at radius 2 is 1.96 bits per heavy atom. The standard InChI is InChI=1S/C20H20ClN3O3/c1-13(25)22-18-8-7-16(11-17(18)21)23-20(27)15-5-2-4-14(10-15)12-24-9-3-6-19(24)26/h2,4-5,7-8,10-11H,3,6,9,12H2,1H3,(H,22,25)(H,23,27). The largest absolute Gasteiger partial charge is 0.338 e. The predicted octanol–water partition coefficient (Wildman–Crippen LogP) is 3.67. The van der Waals surface area contributed by atoms with Gasteiger partial charge in [-0.2, -0.15) is 0 Å². The lowest BCUT2D eigenvalue weighted by molar-refractivity contribution is -0.128. The third-order valence-electron chi connectivity index (χ3n) is 4.27. The lowest BCUT2D eigenvalue weighted by Crippen LogP contribution is -2.24. The number of carbonyl (C=O) groups is 3. The zero-order valence-electron chi connectivity index (χ0n) is 14.9. The van der Waals surface area contributed by atoms with E-state index in [0.29, 0.717) is 34.9 Å². The molecule has 1 fully saturated rings. The van der Waals surface area contributed by atoms with Crippen molar-refractivity contribution in [1.29, 1.82) is 0 Å². The lowest BCUT2D eigenvalue weighted by Gasteiger charge is -2.16. The molecular formula is C20H20ClN3O3. The van der Waals surface area contributed by atoms with E-state index < -0.39 is 0 Å². The molecule has 7 heteroatoms. The molecule has 0 aliphatic carbocycles. The average Bonchev–Trinajstić information content (AvgIpc) is 3.02. The number of hydrogen-bond acceptors (Lipinski definition) is 3. The molecule has 1 heterocycles. The summed E-state index contributed by atoms with van der Waals surface area (Å²) in [5, 5.41) is 5.74. The van der Waals surface area contributed by atoms with Crippen molar-refractivity contribution in [1.82, 2.24) is 4.90 Å². The Kier molecular flexibility index (Phi) is 5.76. The van der Waals surface area contributed by atoms with E-state index in [1.807, 2.05) is 6.07 Å². The number of nitrogens with zero attached hydrogens (tertiary/aromatic N) is 1. The van der Waals surface area contributed by atoms with Gasteiger partial charge in [0.2, 0.25) is 11.8 Å². The maximum Gasteiger partial charge on any atom is 0.255 e. The van der Waals surface area contributed by atoms with Crippen LogP contribution in [0.4, 0.5) is 11.4 Å². The Morgan fingerprint density at radius 1 is 1.15 bits per heavy atom. The summed E-state index contributed by atoms with van der Waals surface area (Å²) in [5.74, 6) is -0.339. The highest BCUT2D eigenvalue weighted by Crippen LogP contribution is 2.26. The van der Waals surface area contributed by atoms with Gasteiger partial charge in [0.25, 0.3) is 5.91 Å². The Hall–Kier alpha value is -2.86. The summed E-state index contributed by atoms with van der Waals surface area (Å²) in [6, 6.07) is 12.1. The Morgan fingerprint density at radius 3 is 2.63 bits per heavy atom. The van der Waals surface area contributed by atoms with E-state index in [4.69, 9.17) is 11.6 Å². The van der Waals surface area contributed by atoms with Crippen LogP contribution in [0.2, 0.25) is 5.02 Å². The highest BCUT2D eigenvalue weighted by molar-refractivity contribution is 6.34. The lowest BCUT2D eigenvalue weighted by atomic mass is 10.1. The number of amides is 3. The molecule has 3 rings (SSSR count). The fourth-order valence-corrected chi connectivity index (χ4v) is 3.22. The first-order valence-corrected chi connectivity index (χ1v) is 9.05. The van der Waals surface area contributed by atoms with E-state index in [2.05, 4.69) is 10.6 Å². The van der Waals surface area contributed by atoms with Crippen LogP contribution >= 0.6 is 11.6 Å². The summed E-state index contributed by atoms with van der Waals surface area (Å²) in [7, 11) is 0. The van der Waals surface area contributed by atoms with Gasteiger partial charge in [-0.3, -0.25) is 14.4 Å². The zero-order chi connectivity index (χ0) is 19.4. The minimum absolute atomic E-state index is 0.152. The Bertz CT molecular complexity index is 898. The third-order valence-corrected chi connectivity index (χ3v) is 4.58. The monoisotopic (exact) mass is 385 g/mol. The van der Waals surface area contributed by atoms with Gasteiger partial charge in [0, 0.05) is 37.7 Å². The molecular weight excluding hydrogens is 366 g/mol. The number of carbonyl (C=O) groups excluding carboxylic acids is 3. The summed E-state index contributed by atoms with van der Waals surface area (Å²) >= 11 is 6.13. The Labute approximate surface area is 162 Å². The molecule has 6 nitrogen and oxygen atoms in total. The van der Waals surface area contributed by atoms with Crippen molar-refractivity contribution in [3.63, 3.8) is 0 Å². The molecule has 0 spiro atoms. The summed E-state index contributed by atoms with van der Waals surface area (Å²) in [6.07, 6.45) is 1.48. The van der Waals surface area contributed by atoms with Gasteiger partial charge >= 0.3 is 0 Å². The zero-order valence-corrected chi connectivity index (χ0v) is 15.7. The molecule has 3 amide bonds. The highest BCUT2D eigenvalue weighted by Gasteiger charge is 2.20. The second kappa shape index (κ2) is 8.22. The van der Waals surface area contributed by atoms with Gasteiger partial charge in [-0.05, 0) is 42.3 Å². The van der Waals surface area contributed by atoms with E-state index >= 15 is 0 Å². The minimum atomic E-state index is -0.270. The van der Waals surface area contributed by atoms with Gasteiger partial charge in [-0.15, -0.1) is 0 Å². The van der Waals surface area contributed by atoms with Crippen molar-refractivity contribution in [3.8, 4) is 0 Å². The molecule has 0 radical (unpaired) electrons. The first-order chi connectivity index (χ1) is 12.9. The second-order valence-corrected chi connectivity index (χ2v) is 6.86. The van der Waals surface area contributed by atoms with Gasteiger partial charge < -0.3 is 15.5 Å². The first-order valence-electron chi connectivity index (χ1n) is 8.67. The van der Waals surface area contributed by atoms with Crippen LogP contribution in [-0.4, -0.2) is 29.2 Å². The Balaban J connectivity index is 1.69. The molecule has 0 bridgehead atoms. The molecule has 140 valence electrons. The molecule has 2 aromatic carbocycles. The van der Waals surface area contributed by atoms with Crippen LogP contribution < -0.4 is 10.6 Å². The van der Waals surface area contributed by atoms with Crippen LogP contribution in [0.5, 0.6) is 0 Å². The highest BCUT2D eigenvalue weighted by atomic mass is 35.5. The van der Waals surface area contributed by atoms with Crippen molar-refractivity contribution in [2.75, 3.05) is 17.2 Å². The summed E-state index contributed by atoms with van der Waals surface area (Å²) in [4.78, 5) is 37.2. The van der Waals surface area contributed by atoms with Gasteiger partial charge in [0.05, 0.1) is 10.7 Å². The van der Waals surface area contributed by atoms with Crippen molar-refractivity contribution in [2.45, 2.75) is 26.3 Å². The molecule has 0 unspecified atom stereocenters. The van der Waals surface area contributed by atoms with E-state index in [9.17, 15) is 14.4 Å². The van der Waals surface area contributed by atoms with Gasteiger partial charge in [-0.25, -0.2) is 0 Å². The van der Waals surface area contributed by atoms with E-state index in [-0.39, 0.29) is 17.7 Å². The van der Waals surface area contributed by atoms with Gasteiger partial charge in [0.15, 0.2) is 0 Å². The topological polar surface area (TPSA) is 78.5 Å². The fraction of sp³-hybridized carbons (Fsp3) is 0.250.